The molecule has 1 unspecified atom stereocenters. The maximum Gasteiger partial charge on any atom is 0.236 e. The molecule has 3 rings (SSSR count). The van der Waals surface area contributed by atoms with E-state index in [1.807, 2.05) is 12.1 Å². The maximum atomic E-state index is 12.6. The maximum absolute atomic E-state index is 12.6. The molecule has 154 valence electrons. The normalized spacial score (nSPS) is 21.5. The summed E-state index contributed by atoms with van der Waals surface area (Å²) in [5, 5.41) is 3.02. The molecular weight excluding hydrogens is 352 g/mol. The molecule has 1 atom stereocenters. The van der Waals surface area contributed by atoms with E-state index < -0.39 is 0 Å². The molecule has 1 aromatic rings. The molecule has 0 aliphatic carbocycles. The minimum Gasteiger partial charge on any atom is -0.351 e. The zero-order chi connectivity index (χ0) is 19.9. The second kappa shape index (κ2) is 10.0. The number of rotatable bonds is 6. The van der Waals surface area contributed by atoms with Gasteiger partial charge in [-0.1, -0.05) is 24.3 Å². The summed E-state index contributed by atoms with van der Waals surface area (Å²) < 4.78 is 0. The first kappa shape index (κ1) is 20.8. The summed E-state index contributed by atoms with van der Waals surface area (Å²) in [5.74, 6) is 0.326. The van der Waals surface area contributed by atoms with Gasteiger partial charge in [0.2, 0.25) is 11.8 Å². The van der Waals surface area contributed by atoms with Crippen LogP contribution in [0, 0.1) is 6.92 Å². The van der Waals surface area contributed by atoms with Gasteiger partial charge >= 0.3 is 0 Å². The quantitative estimate of drug-likeness (QED) is 0.807. The number of piperazine rings is 1. The van der Waals surface area contributed by atoms with E-state index in [0.717, 1.165) is 51.1 Å². The lowest BCUT2D eigenvalue weighted by Gasteiger charge is -2.37. The minimum atomic E-state index is 0.0647. The van der Waals surface area contributed by atoms with Gasteiger partial charge in [-0.05, 0) is 44.2 Å². The number of carbonyl (C=O) groups is 2. The number of likely N-dealkylation sites (tertiary alicyclic amines) is 1. The first-order valence-electron chi connectivity index (χ1n) is 10.6. The Morgan fingerprint density at radius 3 is 2.36 bits per heavy atom. The van der Waals surface area contributed by atoms with Gasteiger partial charge in [-0.15, -0.1) is 0 Å². The van der Waals surface area contributed by atoms with E-state index in [0.29, 0.717) is 25.7 Å². The van der Waals surface area contributed by atoms with Gasteiger partial charge < -0.3 is 10.2 Å². The molecule has 1 N–H and O–H groups in total. The van der Waals surface area contributed by atoms with Crippen LogP contribution < -0.4 is 5.32 Å². The lowest BCUT2D eigenvalue weighted by atomic mass is 10.0. The third-order valence-corrected chi connectivity index (χ3v) is 6.05. The number of piperidine rings is 1. The van der Waals surface area contributed by atoms with Crippen molar-refractivity contribution in [2.45, 2.75) is 45.7 Å². The summed E-state index contributed by atoms with van der Waals surface area (Å²) in [4.78, 5) is 31.3. The number of hydrogen-bond acceptors (Lipinski definition) is 4. The zero-order valence-corrected chi connectivity index (χ0v) is 17.3. The second-order valence-corrected chi connectivity index (χ2v) is 8.19. The van der Waals surface area contributed by atoms with Crippen LogP contribution in [-0.2, 0) is 16.1 Å². The third-order valence-electron chi connectivity index (χ3n) is 6.05. The Bertz CT molecular complexity index is 670. The molecule has 2 fully saturated rings. The summed E-state index contributed by atoms with van der Waals surface area (Å²) in [7, 11) is 0. The molecule has 2 saturated heterocycles. The van der Waals surface area contributed by atoms with Crippen LogP contribution in [0.25, 0.3) is 0 Å². The highest BCUT2D eigenvalue weighted by atomic mass is 16.2. The van der Waals surface area contributed by atoms with Gasteiger partial charge in [0, 0.05) is 45.3 Å². The lowest BCUT2D eigenvalue weighted by molar-refractivity contribution is -0.136. The summed E-state index contributed by atoms with van der Waals surface area (Å²) >= 11 is 0. The average molecular weight is 387 g/mol. The standard InChI is InChI=1S/C22H34N4O2/c1-18-7-3-4-9-20(18)15-23-21(27)16-24-11-13-25(14-12-24)17-22(28)26-10-6-5-8-19(26)2/h3-4,7,9,19H,5-6,8,10-17H2,1-2H3,(H,23,27). The van der Waals surface area contributed by atoms with Crippen molar-refractivity contribution >= 4 is 11.8 Å². The number of nitrogens with one attached hydrogen (secondary N) is 1. The topological polar surface area (TPSA) is 55.9 Å². The Morgan fingerprint density at radius 2 is 1.68 bits per heavy atom. The van der Waals surface area contributed by atoms with Gasteiger partial charge in [-0.3, -0.25) is 19.4 Å². The van der Waals surface area contributed by atoms with Crippen molar-refractivity contribution in [1.82, 2.24) is 20.0 Å². The highest BCUT2D eigenvalue weighted by Crippen LogP contribution is 2.17. The van der Waals surface area contributed by atoms with Crippen LogP contribution >= 0.6 is 0 Å². The molecule has 0 spiro atoms. The Labute approximate surface area is 168 Å². The molecule has 6 nitrogen and oxygen atoms in total. The number of hydrogen-bond donors (Lipinski definition) is 1. The van der Waals surface area contributed by atoms with Crippen molar-refractivity contribution in [2.75, 3.05) is 45.8 Å². The van der Waals surface area contributed by atoms with Crippen LogP contribution in [0.4, 0.5) is 0 Å². The van der Waals surface area contributed by atoms with Crippen LogP contribution in [0.1, 0.15) is 37.3 Å². The van der Waals surface area contributed by atoms with Gasteiger partial charge in [-0.25, -0.2) is 0 Å². The molecule has 0 aromatic heterocycles. The molecule has 6 heteroatoms. The molecule has 2 aliphatic rings. The fourth-order valence-corrected chi connectivity index (χ4v) is 4.12. The Kier molecular flexibility index (Phi) is 7.45. The van der Waals surface area contributed by atoms with Crippen LogP contribution in [0.15, 0.2) is 24.3 Å². The predicted octanol–water partition coefficient (Wildman–Crippen LogP) is 1.63. The summed E-state index contributed by atoms with van der Waals surface area (Å²) in [6, 6.07) is 8.50. The Hall–Kier alpha value is -1.92. The van der Waals surface area contributed by atoms with Crippen molar-refractivity contribution in [3.8, 4) is 0 Å². The van der Waals surface area contributed by atoms with E-state index in [4.69, 9.17) is 0 Å². The molecule has 2 heterocycles. The van der Waals surface area contributed by atoms with Gasteiger partial charge in [0.25, 0.3) is 0 Å². The van der Waals surface area contributed by atoms with Crippen molar-refractivity contribution < 1.29 is 9.59 Å². The van der Waals surface area contributed by atoms with E-state index in [1.54, 1.807) is 0 Å². The smallest absolute Gasteiger partial charge is 0.236 e. The largest absolute Gasteiger partial charge is 0.351 e. The van der Waals surface area contributed by atoms with E-state index >= 15 is 0 Å². The van der Waals surface area contributed by atoms with E-state index in [-0.39, 0.29) is 11.8 Å². The lowest BCUT2D eigenvalue weighted by Crippen LogP contribution is -2.53. The minimum absolute atomic E-state index is 0.0647. The van der Waals surface area contributed by atoms with E-state index in [9.17, 15) is 9.59 Å². The van der Waals surface area contributed by atoms with Gasteiger partial charge in [0.15, 0.2) is 0 Å². The second-order valence-electron chi connectivity index (χ2n) is 8.19. The van der Waals surface area contributed by atoms with Crippen LogP contribution in [0.2, 0.25) is 0 Å². The van der Waals surface area contributed by atoms with Crippen LogP contribution in [0.3, 0.4) is 0 Å². The van der Waals surface area contributed by atoms with Gasteiger partial charge in [0.1, 0.15) is 0 Å². The van der Waals surface area contributed by atoms with Crippen LogP contribution in [0.5, 0.6) is 0 Å². The summed E-state index contributed by atoms with van der Waals surface area (Å²) in [6.45, 7) is 10.00. The number of carbonyl (C=O) groups excluding carboxylic acids is 2. The number of nitrogens with zero attached hydrogens (tertiary/aromatic N) is 3. The Morgan fingerprint density at radius 1 is 1.00 bits per heavy atom. The summed E-state index contributed by atoms with van der Waals surface area (Å²) in [6.07, 6.45) is 3.48. The molecule has 2 aliphatic heterocycles. The first-order chi connectivity index (χ1) is 13.5. The SMILES string of the molecule is Cc1ccccc1CNC(=O)CN1CCN(CC(=O)N2CCCCC2C)CC1. The molecule has 0 bridgehead atoms. The zero-order valence-electron chi connectivity index (χ0n) is 17.3. The fourth-order valence-electron chi connectivity index (χ4n) is 4.12. The van der Waals surface area contributed by atoms with Crippen molar-refractivity contribution in [2.24, 2.45) is 0 Å². The highest BCUT2D eigenvalue weighted by molar-refractivity contribution is 5.79. The molecule has 1 aromatic carbocycles. The Balaban J connectivity index is 1.36. The average Bonchev–Trinajstić information content (AvgIpc) is 2.69. The molecule has 0 saturated carbocycles. The monoisotopic (exact) mass is 386 g/mol. The van der Waals surface area contributed by atoms with Crippen molar-refractivity contribution in [3.05, 3.63) is 35.4 Å². The predicted molar refractivity (Wildman–Crippen MR) is 111 cm³/mol. The third kappa shape index (κ3) is 5.79. The molecular formula is C22H34N4O2. The molecule has 28 heavy (non-hydrogen) atoms. The van der Waals surface area contributed by atoms with Gasteiger partial charge in [0.05, 0.1) is 13.1 Å². The van der Waals surface area contributed by atoms with Crippen LogP contribution in [-0.4, -0.2) is 78.4 Å². The number of benzene rings is 1. The van der Waals surface area contributed by atoms with E-state index in [1.165, 1.54) is 12.0 Å². The van der Waals surface area contributed by atoms with Crippen molar-refractivity contribution in [3.63, 3.8) is 0 Å². The highest BCUT2D eigenvalue weighted by Gasteiger charge is 2.26. The van der Waals surface area contributed by atoms with Gasteiger partial charge in [-0.2, -0.15) is 0 Å². The molecule has 0 radical (unpaired) electrons. The number of aryl methyl sites for hydroxylation is 1. The summed E-state index contributed by atoms with van der Waals surface area (Å²) in [5.41, 5.74) is 2.36. The fraction of sp³-hybridized carbons (Fsp3) is 0.636. The number of amides is 2. The van der Waals surface area contributed by atoms with Crippen molar-refractivity contribution in [1.29, 1.82) is 0 Å². The van der Waals surface area contributed by atoms with E-state index in [2.05, 4.69) is 46.0 Å². The first-order valence-corrected chi connectivity index (χ1v) is 10.6. The molecule has 2 amide bonds.